The van der Waals surface area contributed by atoms with Gasteiger partial charge in [-0.05, 0) is 12.8 Å². The third-order valence-electron chi connectivity index (χ3n) is 2.77. The van der Waals surface area contributed by atoms with Crippen LogP contribution < -0.4 is 5.32 Å². The van der Waals surface area contributed by atoms with E-state index in [4.69, 9.17) is 11.5 Å². The first-order valence-corrected chi connectivity index (χ1v) is 6.78. The van der Waals surface area contributed by atoms with E-state index in [0.717, 1.165) is 25.7 Å². The van der Waals surface area contributed by atoms with Gasteiger partial charge in [-0.25, -0.2) is 9.59 Å². The van der Waals surface area contributed by atoms with Gasteiger partial charge in [0.05, 0.1) is 0 Å². The number of carboxylic acid groups (broad SMARTS) is 1. The van der Waals surface area contributed by atoms with Gasteiger partial charge in [0.25, 0.3) is 0 Å². The maximum atomic E-state index is 12.0. The highest BCUT2D eigenvalue weighted by atomic mass is 16.4. The molecule has 0 rings (SSSR count). The van der Waals surface area contributed by atoms with Crippen molar-refractivity contribution in [2.24, 2.45) is 0 Å². The predicted molar refractivity (Wildman–Crippen MR) is 74.8 cm³/mol. The summed E-state index contributed by atoms with van der Waals surface area (Å²) >= 11 is 0. The fourth-order valence-corrected chi connectivity index (χ4v) is 1.57. The first-order valence-electron chi connectivity index (χ1n) is 6.78. The Morgan fingerprint density at radius 2 is 1.79 bits per heavy atom. The summed E-state index contributed by atoms with van der Waals surface area (Å²) in [5, 5.41) is 11.4. The van der Waals surface area contributed by atoms with E-state index < -0.39 is 12.0 Å². The molecule has 5 nitrogen and oxygen atoms in total. The molecule has 0 aromatic carbocycles. The summed E-state index contributed by atoms with van der Waals surface area (Å²) in [6, 6.07) is -1.35. The van der Waals surface area contributed by atoms with Crippen LogP contribution in [0.2, 0.25) is 0 Å². The Morgan fingerprint density at radius 3 is 2.16 bits per heavy atom. The molecule has 2 amide bonds. The van der Waals surface area contributed by atoms with Crippen molar-refractivity contribution in [2.75, 3.05) is 13.1 Å². The standard InChI is InChI=1S/C14H24N2O3/c1-4-7-10-16(11-8-5-2)14(19)15-12(9-6-3)13(17)18/h3,12H,4-5,7-11H2,1-2H3,(H,15,19)(H,17,18). The van der Waals surface area contributed by atoms with E-state index in [0.29, 0.717) is 13.1 Å². The fraction of sp³-hybridized carbons (Fsp3) is 0.714. The Labute approximate surface area is 115 Å². The van der Waals surface area contributed by atoms with Crippen LogP contribution >= 0.6 is 0 Å². The largest absolute Gasteiger partial charge is 0.480 e. The minimum absolute atomic E-state index is 0.00350. The lowest BCUT2D eigenvalue weighted by atomic mass is 10.2. The van der Waals surface area contributed by atoms with Gasteiger partial charge in [0.2, 0.25) is 0 Å². The highest BCUT2D eigenvalue weighted by Gasteiger charge is 2.21. The van der Waals surface area contributed by atoms with Crippen molar-refractivity contribution in [3.05, 3.63) is 0 Å². The van der Waals surface area contributed by atoms with Crippen molar-refractivity contribution >= 4 is 12.0 Å². The number of urea groups is 1. The highest BCUT2D eigenvalue weighted by molar-refractivity contribution is 5.82. The average molecular weight is 268 g/mol. The molecule has 0 aromatic rings. The molecule has 1 atom stereocenters. The molecule has 2 N–H and O–H groups in total. The molecule has 0 radical (unpaired) electrons. The summed E-state index contributed by atoms with van der Waals surface area (Å²) in [6.07, 6.45) is 8.89. The highest BCUT2D eigenvalue weighted by Crippen LogP contribution is 2.01. The number of amides is 2. The summed E-state index contributed by atoms with van der Waals surface area (Å²) in [5.74, 6) is 1.17. The minimum Gasteiger partial charge on any atom is -0.480 e. The molecule has 0 aliphatic rings. The van der Waals surface area contributed by atoms with Gasteiger partial charge >= 0.3 is 12.0 Å². The van der Waals surface area contributed by atoms with Crippen molar-refractivity contribution in [1.29, 1.82) is 0 Å². The van der Waals surface area contributed by atoms with Gasteiger partial charge in [0, 0.05) is 19.5 Å². The summed E-state index contributed by atoms with van der Waals surface area (Å²) in [7, 11) is 0. The molecule has 0 fully saturated rings. The van der Waals surface area contributed by atoms with Crippen LogP contribution in [0, 0.1) is 12.3 Å². The van der Waals surface area contributed by atoms with Crippen LogP contribution in [0.5, 0.6) is 0 Å². The molecule has 0 heterocycles. The number of terminal acetylenes is 1. The molecule has 0 spiro atoms. The smallest absolute Gasteiger partial charge is 0.327 e. The lowest BCUT2D eigenvalue weighted by Crippen LogP contribution is -2.48. The maximum Gasteiger partial charge on any atom is 0.327 e. The van der Waals surface area contributed by atoms with Crippen LogP contribution in [-0.4, -0.2) is 41.1 Å². The van der Waals surface area contributed by atoms with E-state index in [2.05, 4.69) is 11.2 Å². The molecular weight excluding hydrogens is 244 g/mol. The predicted octanol–water partition coefficient (Wildman–Crippen LogP) is 2.07. The van der Waals surface area contributed by atoms with Crippen LogP contribution in [0.1, 0.15) is 46.0 Å². The van der Waals surface area contributed by atoms with Crippen LogP contribution in [-0.2, 0) is 4.79 Å². The number of carbonyl (C=O) groups excluding carboxylic acids is 1. The number of nitrogens with zero attached hydrogens (tertiary/aromatic N) is 1. The Kier molecular flexibility index (Phi) is 9.33. The zero-order valence-electron chi connectivity index (χ0n) is 11.8. The van der Waals surface area contributed by atoms with E-state index in [1.54, 1.807) is 4.90 Å². The molecule has 0 saturated heterocycles. The van der Waals surface area contributed by atoms with Crippen LogP contribution in [0.15, 0.2) is 0 Å². The lowest BCUT2D eigenvalue weighted by molar-refractivity contribution is -0.139. The number of carboxylic acids is 1. The number of unbranched alkanes of at least 4 members (excludes halogenated alkanes) is 2. The second-order valence-corrected chi connectivity index (χ2v) is 4.44. The van der Waals surface area contributed by atoms with Crippen molar-refractivity contribution in [2.45, 2.75) is 52.0 Å². The monoisotopic (exact) mass is 268 g/mol. The Balaban J connectivity index is 4.50. The van der Waals surface area contributed by atoms with Crippen molar-refractivity contribution < 1.29 is 14.7 Å². The molecule has 0 bridgehead atoms. The molecular formula is C14H24N2O3. The quantitative estimate of drug-likeness (QED) is 0.629. The van der Waals surface area contributed by atoms with E-state index in [1.807, 2.05) is 13.8 Å². The van der Waals surface area contributed by atoms with E-state index in [9.17, 15) is 9.59 Å². The van der Waals surface area contributed by atoms with Crippen LogP contribution in [0.25, 0.3) is 0 Å². The lowest BCUT2D eigenvalue weighted by Gasteiger charge is -2.24. The van der Waals surface area contributed by atoms with Gasteiger partial charge in [-0.1, -0.05) is 26.7 Å². The SMILES string of the molecule is C#CCC(NC(=O)N(CCCC)CCCC)C(=O)O. The number of hydrogen-bond donors (Lipinski definition) is 2. The molecule has 0 aliphatic carbocycles. The molecule has 0 saturated carbocycles. The number of aliphatic carboxylic acids is 1. The van der Waals surface area contributed by atoms with E-state index in [-0.39, 0.29) is 12.5 Å². The molecule has 5 heteroatoms. The number of rotatable bonds is 9. The summed E-state index contributed by atoms with van der Waals surface area (Å²) in [5.41, 5.74) is 0. The first-order chi connectivity index (χ1) is 9.06. The van der Waals surface area contributed by atoms with E-state index >= 15 is 0 Å². The Hall–Kier alpha value is -1.70. The Morgan fingerprint density at radius 1 is 1.26 bits per heavy atom. The van der Waals surface area contributed by atoms with Gasteiger partial charge in [-0.3, -0.25) is 0 Å². The molecule has 0 aromatic heterocycles. The molecule has 1 unspecified atom stereocenters. The average Bonchev–Trinajstić information content (AvgIpc) is 2.38. The topological polar surface area (TPSA) is 69.6 Å². The third-order valence-corrected chi connectivity index (χ3v) is 2.77. The normalized spacial score (nSPS) is 11.4. The fourth-order valence-electron chi connectivity index (χ4n) is 1.57. The van der Waals surface area contributed by atoms with Gasteiger partial charge in [0.15, 0.2) is 0 Å². The summed E-state index contributed by atoms with van der Waals surface area (Å²) < 4.78 is 0. The number of hydrogen-bond acceptors (Lipinski definition) is 2. The first kappa shape index (κ1) is 17.3. The number of carbonyl (C=O) groups is 2. The molecule has 108 valence electrons. The van der Waals surface area contributed by atoms with E-state index in [1.165, 1.54) is 0 Å². The Bertz CT molecular complexity index is 315. The molecule has 0 aliphatic heterocycles. The maximum absolute atomic E-state index is 12.0. The summed E-state index contributed by atoms with van der Waals surface area (Å²) in [4.78, 5) is 24.6. The second kappa shape index (κ2) is 10.2. The number of nitrogens with one attached hydrogen (secondary N) is 1. The summed E-state index contributed by atoms with van der Waals surface area (Å²) in [6.45, 7) is 5.39. The van der Waals surface area contributed by atoms with Crippen LogP contribution in [0.4, 0.5) is 4.79 Å². The third kappa shape index (κ3) is 7.35. The zero-order valence-corrected chi connectivity index (χ0v) is 11.8. The van der Waals surface area contributed by atoms with Gasteiger partial charge < -0.3 is 15.3 Å². The second-order valence-electron chi connectivity index (χ2n) is 4.44. The zero-order chi connectivity index (χ0) is 14.7. The minimum atomic E-state index is -1.10. The van der Waals surface area contributed by atoms with Gasteiger partial charge in [0.1, 0.15) is 6.04 Å². The van der Waals surface area contributed by atoms with Crippen molar-refractivity contribution in [1.82, 2.24) is 10.2 Å². The van der Waals surface area contributed by atoms with Crippen molar-refractivity contribution in [3.8, 4) is 12.3 Å². The van der Waals surface area contributed by atoms with Crippen LogP contribution in [0.3, 0.4) is 0 Å². The van der Waals surface area contributed by atoms with Crippen molar-refractivity contribution in [3.63, 3.8) is 0 Å². The van der Waals surface area contributed by atoms with Gasteiger partial charge in [-0.2, -0.15) is 0 Å². The molecule has 19 heavy (non-hydrogen) atoms. The van der Waals surface area contributed by atoms with Gasteiger partial charge in [-0.15, -0.1) is 12.3 Å².